The third-order valence-corrected chi connectivity index (χ3v) is 14.6. The summed E-state index contributed by atoms with van der Waals surface area (Å²) in [7, 11) is 0. The molecule has 316 valence electrons. The van der Waals surface area contributed by atoms with E-state index in [0.29, 0.717) is 31.5 Å². The van der Waals surface area contributed by atoms with Crippen molar-refractivity contribution in [3.05, 3.63) is 95.1 Å². The van der Waals surface area contributed by atoms with Crippen LogP contribution in [0.15, 0.2) is 72.8 Å². The van der Waals surface area contributed by atoms with Gasteiger partial charge in [0, 0.05) is 42.2 Å². The molecule has 5 saturated carbocycles. The minimum Gasteiger partial charge on any atom is -0.392 e. The van der Waals surface area contributed by atoms with Crippen molar-refractivity contribution in [2.75, 3.05) is 6.54 Å². The second-order valence-electron chi connectivity index (χ2n) is 20.3. The number of rotatable bonds is 10. The molecule has 0 aromatic heterocycles. The van der Waals surface area contributed by atoms with Crippen LogP contribution in [-0.2, 0) is 27.4 Å². The van der Waals surface area contributed by atoms with Gasteiger partial charge in [0.1, 0.15) is 0 Å². The highest BCUT2D eigenvalue weighted by Gasteiger charge is 2.51. The van der Waals surface area contributed by atoms with Crippen LogP contribution in [0, 0.1) is 23.7 Å². The van der Waals surface area contributed by atoms with E-state index >= 15 is 0 Å². The van der Waals surface area contributed by atoms with E-state index < -0.39 is 6.29 Å². The first kappa shape index (κ1) is 40.6. The number of hydrogen-bond donors (Lipinski definition) is 4. The van der Waals surface area contributed by atoms with E-state index in [0.717, 1.165) is 89.7 Å². The lowest BCUT2D eigenvalue weighted by Gasteiger charge is -2.56. The number of urea groups is 1. The molecule has 0 unspecified atom stereocenters. The quantitative estimate of drug-likeness (QED) is 0.163. The lowest BCUT2D eigenvalue weighted by molar-refractivity contribution is -0.255. The summed E-state index contributed by atoms with van der Waals surface area (Å²) in [4.78, 5) is 29.6. The van der Waals surface area contributed by atoms with Crippen molar-refractivity contribution in [3.8, 4) is 11.1 Å². The fourth-order valence-electron chi connectivity index (χ4n) is 12.4. The molecule has 2 heterocycles. The number of likely N-dealkylation sites (tertiary alicyclic amines) is 1. The normalized spacial score (nSPS) is 32.9. The predicted octanol–water partition coefficient (Wildman–Crippen LogP) is 9.10. The van der Waals surface area contributed by atoms with Gasteiger partial charge in [0.15, 0.2) is 6.29 Å². The van der Waals surface area contributed by atoms with Gasteiger partial charge in [-0.15, -0.1) is 0 Å². The minimum atomic E-state index is -0.581. The van der Waals surface area contributed by atoms with Gasteiger partial charge >= 0.3 is 6.03 Å². The van der Waals surface area contributed by atoms with Crippen molar-refractivity contribution in [2.45, 2.75) is 159 Å². The van der Waals surface area contributed by atoms with Gasteiger partial charge in [-0.2, -0.15) is 0 Å². The predicted molar refractivity (Wildman–Crippen MR) is 230 cm³/mol. The van der Waals surface area contributed by atoms with Crippen molar-refractivity contribution in [1.29, 1.82) is 0 Å². The number of fused-ring (bicyclic) bond motifs is 1. The first-order valence-electron chi connectivity index (χ1n) is 22.8. The number of piperidine rings is 1. The van der Waals surface area contributed by atoms with Crippen LogP contribution in [0.25, 0.3) is 11.1 Å². The van der Waals surface area contributed by atoms with Crippen LogP contribution in [0.1, 0.15) is 139 Å². The Morgan fingerprint density at radius 2 is 1.47 bits per heavy atom. The zero-order valence-electron chi connectivity index (χ0n) is 35.5. The number of ether oxygens (including phenoxy) is 2. The van der Waals surface area contributed by atoms with Crippen LogP contribution >= 0.6 is 0 Å². The van der Waals surface area contributed by atoms with Crippen LogP contribution in [-0.4, -0.2) is 57.8 Å². The van der Waals surface area contributed by atoms with Gasteiger partial charge in [-0.1, -0.05) is 79.6 Å². The maximum absolute atomic E-state index is 13.9. The SMILES string of the molecule is CC(C)(C)NC(=O)[C@H]1CC[C@H]2CCCC[C@H]2N1C[C@H]1C[C@@H](c2ccc(CO)cc2)O[C@@H](c2ccc(-c3cccc(CNC(=O)NC45CC6CC(CC(C6)C4)C5)c3)cc2)O1. The van der Waals surface area contributed by atoms with E-state index in [9.17, 15) is 14.7 Å². The van der Waals surface area contributed by atoms with E-state index in [4.69, 9.17) is 9.47 Å². The summed E-state index contributed by atoms with van der Waals surface area (Å²) in [5, 5.41) is 19.7. The molecule has 6 atom stereocenters. The molecular weight excluding hydrogens is 737 g/mol. The zero-order valence-corrected chi connectivity index (χ0v) is 35.5. The first-order valence-corrected chi connectivity index (χ1v) is 22.8. The number of benzene rings is 3. The molecule has 9 nitrogen and oxygen atoms in total. The van der Waals surface area contributed by atoms with Crippen LogP contribution in [0.5, 0.6) is 0 Å². The standard InChI is InChI=1S/C50H66N4O5/c1-49(2,3)52-46(56)44-20-19-38-8-4-5-10-43(38)54(44)30-42-25-45(39-13-11-32(31-55)12-14-39)59-47(58-42)40-17-15-37(16-18-40)41-9-6-7-33(24-41)29-51-48(57)53-50-26-34-21-35(27-50)23-36(22-34)28-50/h6-7,9,11-18,24,34-36,38,42-45,47,55H,4-5,8,10,19-23,25-31H2,1-3H3,(H,52,56)(H2,51,53,57)/t34?,35?,36?,38-,42-,43-,44-,45+,47+,50?/m1/s1. The molecule has 4 N–H and O–H groups in total. The number of aliphatic hydroxyl groups is 1. The topological polar surface area (TPSA) is 112 Å². The fourth-order valence-corrected chi connectivity index (χ4v) is 12.4. The van der Waals surface area contributed by atoms with Crippen molar-refractivity contribution >= 4 is 11.9 Å². The molecule has 2 aliphatic heterocycles. The lowest BCUT2D eigenvalue weighted by atomic mass is 9.53. The fraction of sp³-hybridized carbons (Fsp3) is 0.600. The van der Waals surface area contributed by atoms with Crippen molar-refractivity contribution in [2.24, 2.45) is 23.7 Å². The number of hydrogen-bond acceptors (Lipinski definition) is 6. The highest BCUT2D eigenvalue weighted by Crippen LogP contribution is 2.55. The molecule has 5 aliphatic carbocycles. The van der Waals surface area contributed by atoms with Crippen molar-refractivity contribution in [1.82, 2.24) is 20.9 Å². The molecule has 7 fully saturated rings. The van der Waals surface area contributed by atoms with Gasteiger partial charge in [0.05, 0.1) is 24.9 Å². The summed E-state index contributed by atoms with van der Waals surface area (Å²) in [5.74, 6) is 3.11. The lowest BCUT2D eigenvalue weighted by Crippen LogP contribution is -2.61. The Bertz CT molecular complexity index is 1910. The zero-order chi connectivity index (χ0) is 40.7. The molecule has 0 spiro atoms. The molecule has 7 aliphatic rings. The largest absolute Gasteiger partial charge is 0.392 e. The summed E-state index contributed by atoms with van der Waals surface area (Å²) < 4.78 is 13.7. The average Bonchev–Trinajstić information content (AvgIpc) is 3.22. The van der Waals surface area contributed by atoms with Crippen molar-refractivity contribution in [3.63, 3.8) is 0 Å². The van der Waals surface area contributed by atoms with Crippen LogP contribution in [0.4, 0.5) is 4.79 Å². The summed E-state index contributed by atoms with van der Waals surface area (Å²) in [6.45, 7) is 7.33. The first-order chi connectivity index (χ1) is 28.5. The van der Waals surface area contributed by atoms with Gasteiger partial charge in [-0.05, 0) is 143 Å². The molecule has 3 aromatic rings. The van der Waals surface area contributed by atoms with Crippen molar-refractivity contribution < 1.29 is 24.2 Å². The Hall–Kier alpha value is -3.76. The van der Waals surface area contributed by atoms with E-state index in [1.165, 1.54) is 38.5 Å². The Kier molecular flexibility index (Phi) is 11.7. The maximum Gasteiger partial charge on any atom is 0.315 e. The molecule has 0 radical (unpaired) electrons. The summed E-state index contributed by atoms with van der Waals surface area (Å²) in [5.41, 5.74) is 5.82. The smallest absolute Gasteiger partial charge is 0.315 e. The Morgan fingerprint density at radius 3 is 2.17 bits per heavy atom. The van der Waals surface area contributed by atoms with Gasteiger partial charge in [0.25, 0.3) is 0 Å². The molecule has 3 amide bonds. The monoisotopic (exact) mass is 803 g/mol. The number of amides is 3. The van der Waals surface area contributed by atoms with E-state index in [2.05, 4.69) is 102 Å². The third-order valence-electron chi connectivity index (χ3n) is 14.6. The highest BCUT2D eigenvalue weighted by molar-refractivity contribution is 5.82. The number of aliphatic hydroxyl groups excluding tert-OH is 1. The van der Waals surface area contributed by atoms with E-state index in [1.54, 1.807) is 0 Å². The Balaban J connectivity index is 0.897. The van der Waals surface area contributed by atoms with Crippen LogP contribution in [0.3, 0.4) is 0 Å². The van der Waals surface area contributed by atoms with E-state index in [1.807, 2.05) is 12.1 Å². The molecule has 59 heavy (non-hydrogen) atoms. The van der Waals surface area contributed by atoms with Gasteiger partial charge in [0.2, 0.25) is 5.91 Å². The molecule has 10 rings (SSSR count). The number of carbonyl (C=O) groups is 2. The summed E-state index contributed by atoms with van der Waals surface area (Å²) in [6, 6.07) is 25.1. The van der Waals surface area contributed by atoms with Crippen LogP contribution in [0.2, 0.25) is 0 Å². The number of nitrogens with one attached hydrogen (secondary N) is 3. The molecule has 4 bridgehead atoms. The maximum atomic E-state index is 13.9. The van der Waals surface area contributed by atoms with Crippen LogP contribution < -0.4 is 16.0 Å². The molecular formula is C50H66N4O5. The number of carbonyl (C=O) groups excluding carboxylic acids is 2. The minimum absolute atomic E-state index is 0.00152. The third kappa shape index (κ3) is 9.29. The van der Waals surface area contributed by atoms with Gasteiger partial charge in [-0.25, -0.2) is 4.79 Å². The second kappa shape index (κ2) is 16.9. The van der Waals surface area contributed by atoms with Gasteiger partial charge < -0.3 is 30.5 Å². The highest BCUT2D eigenvalue weighted by atomic mass is 16.7. The average molecular weight is 803 g/mol. The molecule has 2 saturated heterocycles. The Labute approximate surface area is 351 Å². The number of nitrogens with zero attached hydrogens (tertiary/aromatic N) is 1. The van der Waals surface area contributed by atoms with E-state index in [-0.39, 0.29) is 47.9 Å². The summed E-state index contributed by atoms with van der Waals surface area (Å²) in [6.07, 6.45) is 14.0. The second-order valence-corrected chi connectivity index (χ2v) is 20.3. The Morgan fingerprint density at radius 1 is 0.780 bits per heavy atom. The molecule has 3 aromatic carbocycles. The summed E-state index contributed by atoms with van der Waals surface area (Å²) >= 11 is 0. The molecule has 9 heteroatoms. The van der Waals surface area contributed by atoms with Gasteiger partial charge in [-0.3, -0.25) is 9.69 Å².